The van der Waals surface area contributed by atoms with Crippen LogP contribution in [-0.2, 0) is 9.53 Å². The summed E-state index contributed by atoms with van der Waals surface area (Å²) in [6.07, 6.45) is -5.03. The maximum atomic E-state index is 12.2. The van der Waals surface area contributed by atoms with Crippen LogP contribution in [0.5, 0.6) is 0 Å². The van der Waals surface area contributed by atoms with Crippen molar-refractivity contribution in [3.8, 4) is 11.8 Å². The van der Waals surface area contributed by atoms with Gasteiger partial charge in [-0.15, -0.1) is 5.92 Å². The van der Waals surface area contributed by atoms with Crippen molar-refractivity contribution in [3.63, 3.8) is 0 Å². The van der Waals surface area contributed by atoms with Crippen LogP contribution in [0.3, 0.4) is 0 Å². The molecule has 0 aliphatic rings. The summed E-state index contributed by atoms with van der Waals surface area (Å²) in [5.74, 6) is 2.16. The first-order valence-electron chi connectivity index (χ1n) is 5.33. The van der Waals surface area contributed by atoms with Crippen LogP contribution in [0, 0.1) is 11.8 Å². The van der Waals surface area contributed by atoms with Crippen LogP contribution in [0.25, 0.3) is 0 Å². The molecule has 0 saturated heterocycles. The van der Waals surface area contributed by atoms with Gasteiger partial charge in [0, 0.05) is 5.56 Å². The highest BCUT2D eigenvalue weighted by Crippen LogP contribution is 2.22. The number of hydrogen-bond donors (Lipinski definition) is 1. The number of alkyl halides is 3. The first-order valence-corrected chi connectivity index (χ1v) is 5.33. The van der Waals surface area contributed by atoms with Crippen LogP contribution in [0.4, 0.5) is 18.9 Å². The van der Waals surface area contributed by atoms with Gasteiger partial charge in [-0.3, -0.25) is 4.79 Å². The van der Waals surface area contributed by atoms with E-state index in [1.54, 1.807) is 5.32 Å². The summed E-state index contributed by atoms with van der Waals surface area (Å²) in [7, 11) is 1.13. The van der Waals surface area contributed by atoms with Gasteiger partial charge >= 0.3 is 18.1 Å². The fraction of sp³-hybridized carbons (Fsp3) is 0.231. The van der Waals surface area contributed by atoms with Crippen molar-refractivity contribution in [2.45, 2.75) is 13.1 Å². The lowest BCUT2D eigenvalue weighted by molar-refractivity contribution is -0.167. The fourth-order valence-electron chi connectivity index (χ4n) is 1.33. The molecule has 0 radical (unpaired) electrons. The molecule has 0 aliphatic heterocycles. The van der Waals surface area contributed by atoms with Crippen LogP contribution in [0.1, 0.15) is 22.8 Å². The van der Waals surface area contributed by atoms with Crippen LogP contribution in [-0.4, -0.2) is 25.2 Å². The molecule has 0 fully saturated rings. The van der Waals surface area contributed by atoms with Crippen molar-refractivity contribution < 1.29 is 27.5 Å². The van der Waals surface area contributed by atoms with Crippen LogP contribution in [0.15, 0.2) is 18.2 Å². The lowest BCUT2D eigenvalue weighted by Gasteiger charge is -2.11. The van der Waals surface area contributed by atoms with Crippen molar-refractivity contribution >= 4 is 17.6 Å². The topological polar surface area (TPSA) is 55.4 Å². The Balaban J connectivity index is 3.21. The molecule has 0 heterocycles. The molecule has 1 aromatic rings. The van der Waals surface area contributed by atoms with E-state index < -0.39 is 18.1 Å². The van der Waals surface area contributed by atoms with Crippen LogP contribution < -0.4 is 5.32 Å². The molecule has 0 spiro atoms. The summed E-state index contributed by atoms with van der Waals surface area (Å²) >= 11 is 0. The normalized spacial score (nSPS) is 10.2. The van der Waals surface area contributed by atoms with Gasteiger partial charge in [-0.2, -0.15) is 13.2 Å². The van der Waals surface area contributed by atoms with E-state index in [-0.39, 0.29) is 16.8 Å². The number of halogens is 3. The number of rotatable bonds is 2. The molecule has 106 valence electrons. The number of esters is 1. The number of methoxy groups -OCH3 is 1. The Morgan fingerprint density at radius 2 is 1.95 bits per heavy atom. The fourth-order valence-corrected chi connectivity index (χ4v) is 1.33. The summed E-state index contributed by atoms with van der Waals surface area (Å²) < 4.78 is 41.2. The molecule has 7 heteroatoms. The predicted octanol–water partition coefficient (Wildman–Crippen LogP) is 2.35. The lowest BCUT2D eigenvalue weighted by Crippen LogP contribution is -2.30. The molecule has 0 saturated carbocycles. The molecule has 0 aliphatic carbocycles. The molecular formula is C13H10F3NO3. The molecule has 1 rings (SSSR count). The molecule has 0 unspecified atom stereocenters. The minimum atomic E-state index is -5.03. The summed E-state index contributed by atoms with van der Waals surface area (Å²) in [4.78, 5) is 22.3. The molecular weight excluding hydrogens is 275 g/mol. The van der Waals surface area contributed by atoms with Crippen molar-refractivity contribution in [2.24, 2.45) is 0 Å². The first-order chi connectivity index (χ1) is 9.29. The van der Waals surface area contributed by atoms with Crippen molar-refractivity contribution in [1.29, 1.82) is 0 Å². The molecule has 1 N–H and O–H groups in total. The maximum absolute atomic E-state index is 12.2. The second-order valence-corrected chi connectivity index (χ2v) is 3.58. The summed E-state index contributed by atoms with van der Waals surface area (Å²) in [6.45, 7) is 1.49. The van der Waals surface area contributed by atoms with Gasteiger partial charge in [0.15, 0.2) is 0 Å². The maximum Gasteiger partial charge on any atom is 0.471 e. The predicted molar refractivity (Wildman–Crippen MR) is 65.0 cm³/mol. The number of hydrogen-bond acceptors (Lipinski definition) is 3. The third kappa shape index (κ3) is 3.75. The number of benzene rings is 1. The van der Waals surface area contributed by atoms with E-state index in [9.17, 15) is 22.8 Å². The average Bonchev–Trinajstić information content (AvgIpc) is 2.38. The Kier molecular flexibility index (Phi) is 4.75. The largest absolute Gasteiger partial charge is 0.471 e. The summed E-state index contributed by atoms with van der Waals surface area (Å²) in [5, 5.41) is 1.68. The average molecular weight is 285 g/mol. The van der Waals surface area contributed by atoms with Gasteiger partial charge in [-0.25, -0.2) is 4.79 Å². The standard InChI is InChI=1S/C13H10F3NO3/c1-3-4-8-5-6-9(11(18)20-2)7-10(8)17-12(19)13(14,15)16/h5-7H,1-2H3,(H,17,19). The van der Waals surface area contributed by atoms with E-state index in [1.807, 2.05) is 0 Å². The van der Waals surface area contributed by atoms with E-state index in [1.165, 1.54) is 19.1 Å². The Morgan fingerprint density at radius 3 is 2.45 bits per heavy atom. The SMILES string of the molecule is CC#Cc1ccc(C(=O)OC)cc1NC(=O)C(F)(F)F. The molecule has 4 nitrogen and oxygen atoms in total. The van der Waals surface area contributed by atoms with E-state index in [2.05, 4.69) is 16.6 Å². The van der Waals surface area contributed by atoms with E-state index in [0.29, 0.717) is 0 Å². The van der Waals surface area contributed by atoms with Gasteiger partial charge in [-0.1, -0.05) is 5.92 Å². The highest BCUT2D eigenvalue weighted by atomic mass is 19.4. The zero-order valence-corrected chi connectivity index (χ0v) is 10.6. The number of carbonyl (C=O) groups excluding carboxylic acids is 2. The lowest BCUT2D eigenvalue weighted by atomic mass is 10.1. The number of nitrogens with one attached hydrogen (secondary N) is 1. The smallest absolute Gasteiger partial charge is 0.465 e. The van der Waals surface area contributed by atoms with Crippen molar-refractivity contribution in [3.05, 3.63) is 29.3 Å². The summed E-state index contributed by atoms with van der Waals surface area (Å²) in [5.41, 5.74) is -0.0334. The Hall–Kier alpha value is -2.49. The van der Waals surface area contributed by atoms with Gasteiger partial charge in [0.2, 0.25) is 0 Å². The van der Waals surface area contributed by atoms with E-state index >= 15 is 0 Å². The molecule has 0 atom stereocenters. The molecule has 20 heavy (non-hydrogen) atoms. The number of anilines is 1. The van der Waals surface area contributed by atoms with Crippen molar-refractivity contribution in [2.75, 3.05) is 12.4 Å². The highest BCUT2D eigenvalue weighted by Gasteiger charge is 2.39. The number of carbonyl (C=O) groups is 2. The van der Waals surface area contributed by atoms with Crippen LogP contribution in [0.2, 0.25) is 0 Å². The van der Waals surface area contributed by atoms with Crippen LogP contribution >= 0.6 is 0 Å². The van der Waals surface area contributed by atoms with E-state index in [4.69, 9.17) is 0 Å². The molecule has 0 aromatic heterocycles. The van der Waals surface area contributed by atoms with Gasteiger partial charge in [-0.05, 0) is 25.1 Å². The zero-order chi connectivity index (χ0) is 15.3. The van der Waals surface area contributed by atoms with Gasteiger partial charge in [0.25, 0.3) is 0 Å². The quantitative estimate of drug-likeness (QED) is 0.670. The molecule has 1 aromatic carbocycles. The Bertz CT molecular complexity index is 597. The Labute approximate surface area is 112 Å². The van der Waals surface area contributed by atoms with Gasteiger partial charge in [0.05, 0.1) is 18.4 Å². The third-order valence-corrected chi connectivity index (χ3v) is 2.21. The van der Waals surface area contributed by atoms with Gasteiger partial charge < -0.3 is 10.1 Å². The number of ether oxygens (including phenoxy) is 1. The first kappa shape index (κ1) is 15.6. The highest BCUT2D eigenvalue weighted by molar-refractivity contribution is 5.98. The zero-order valence-electron chi connectivity index (χ0n) is 10.6. The van der Waals surface area contributed by atoms with E-state index in [0.717, 1.165) is 13.2 Å². The second kappa shape index (κ2) is 6.10. The minimum Gasteiger partial charge on any atom is -0.465 e. The summed E-state index contributed by atoms with van der Waals surface area (Å²) in [6, 6.07) is 3.75. The molecule has 0 bridgehead atoms. The number of amides is 1. The van der Waals surface area contributed by atoms with Crippen molar-refractivity contribution in [1.82, 2.24) is 0 Å². The minimum absolute atomic E-state index is 0.00614. The third-order valence-electron chi connectivity index (χ3n) is 2.21. The monoisotopic (exact) mass is 285 g/mol. The van der Waals surface area contributed by atoms with Gasteiger partial charge in [0.1, 0.15) is 0 Å². The molecule has 1 amide bonds. The Morgan fingerprint density at radius 1 is 1.30 bits per heavy atom. The second-order valence-electron chi connectivity index (χ2n) is 3.58.